The van der Waals surface area contributed by atoms with E-state index in [2.05, 4.69) is 5.32 Å². The van der Waals surface area contributed by atoms with Crippen LogP contribution < -0.4 is 14.8 Å². The molecule has 1 fully saturated rings. The van der Waals surface area contributed by atoms with Gasteiger partial charge in [0, 0.05) is 0 Å². The predicted octanol–water partition coefficient (Wildman–Crippen LogP) is 2.37. The molecule has 1 aromatic carbocycles. The van der Waals surface area contributed by atoms with Crippen molar-refractivity contribution in [1.29, 1.82) is 0 Å². The van der Waals surface area contributed by atoms with Crippen molar-refractivity contribution in [2.24, 2.45) is 0 Å². The monoisotopic (exact) mass is 295 g/mol. The second kappa shape index (κ2) is 7.55. The van der Waals surface area contributed by atoms with Crippen molar-refractivity contribution >= 4 is 17.5 Å². The lowest BCUT2D eigenvalue weighted by molar-refractivity contribution is 0.0988. The van der Waals surface area contributed by atoms with Gasteiger partial charge in [-0.15, -0.1) is 0 Å². The van der Waals surface area contributed by atoms with E-state index in [0.717, 1.165) is 24.3 Å². The van der Waals surface area contributed by atoms with Crippen LogP contribution in [-0.2, 0) is 0 Å². The molecular formula is C15H21NO3S. The summed E-state index contributed by atoms with van der Waals surface area (Å²) in [5.41, 5.74) is 0.574. The zero-order chi connectivity index (χ0) is 14.4. The molecule has 5 heteroatoms. The molecule has 1 aliphatic rings. The normalized spacial score (nSPS) is 15.9. The molecule has 110 valence electrons. The minimum atomic E-state index is 0.00833. The molecule has 1 N–H and O–H groups in total. The number of thioether (sulfide) groups is 1. The molecule has 0 spiro atoms. The molecule has 1 aliphatic heterocycles. The van der Waals surface area contributed by atoms with Gasteiger partial charge in [0.1, 0.15) is 6.10 Å². The molecule has 0 aliphatic carbocycles. The summed E-state index contributed by atoms with van der Waals surface area (Å²) in [7, 11) is 3.33. The zero-order valence-electron chi connectivity index (χ0n) is 12.0. The first-order chi connectivity index (χ1) is 9.76. The maximum absolute atomic E-state index is 12.1. The first-order valence-electron chi connectivity index (χ1n) is 6.85. The molecule has 1 aromatic rings. The van der Waals surface area contributed by atoms with Crippen LogP contribution in [0.2, 0.25) is 0 Å². The number of benzene rings is 1. The molecule has 0 saturated carbocycles. The highest BCUT2D eigenvalue weighted by atomic mass is 32.2. The quantitative estimate of drug-likeness (QED) is 0.817. The van der Waals surface area contributed by atoms with Gasteiger partial charge in [-0.2, -0.15) is 11.8 Å². The lowest BCUT2D eigenvalue weighted by atomic mass is 10.1. The molecule has 0 unspecified atom stereocenters. The smallest absolute Gasteiger partial charge is 0.180 e. The first kappa shape index (κ1) is 15.2. The molecule has 0 aromatic heterocycles. The van der Waals surface area contributed by atoms with Gasteiger partial charge in [0.25, 0.3) is 0 Å². The number of rotatable bonds is 6. The van der Waals surface area contributed by atoms with Crippen molar-refractivity contribution in [2.75, 3.05) is 32.2 Å². The SMILES string of the molecule is CNCC(=O)c1cccc(OC2CCSCC2)c1OC. The average Bonchev–Trinajstić information content (AvgIpc) is 2.48. The van der Waals surface area contributed by atoms with Crippen LogP contribution in [0, 0.1) is 0 Å². The van der Waals surface area contributed by atoms with Gasteiger partial charge in [0.2, 0.25) is 0 Å². The third-order valence-corrected chi connectivity index (χ3v) is 4.33. The number of ketones is 1. The number of Topliss-reactive ketones (excluding diaryl/α,β-unsaturated/α-hetero) is 1. The van der Waals surface area contributed by atoms with E-state index in [9.17, 15) is 4.79 Å². The fraction of sp³-hybridized carbons (Fsp3) is 0.533. The van der Waals surface area contributed by atoms with Crippen LogP contribution >= 0.6 is 11.8 Å². The summed E-state index contributed by atoms with van der Waals surface area (Å²) in [6.45, 7) is 0.292. The second-order valence-corrected chi connectivity index (χ2v) is 5.94. The summed E-state index contributed by atoms with van der Waals surface area (Å²) < 4.78 is 11.4. The summed E-state index contributed by atoms with van der Waals surface area (Å²) >= 11 is 1.96. The van der Waals surface area contributed by atoms with Crippen LogP contribution in [-0.4, -0.2) is 44.1 Å². The van der Waals surface area contributed by atoms with Gasteiger partial charge in [-0.25, -0.2) is 0 Å². The van der Waals surface area contributed by atoms with E-state index in [1.54, 1.807) is 20.2 Å². The second-order valence-electron chi connectivity index (χ2n) is 4.72. The molecule has 1 saturated heterocycles. The Morgan fingerprint density at radius 2 is 2.15 bits per heavy atom. The third kappa shape index (κ3) is 3.67. The number of carbonyl (C=O) groups excluding carboxylic acids is 1. The number of hydrogen-bond donors (Lipinski definition) is 1. The van der Waals surface area contributed by atoms with E-state index in [1.165, 1.54) is 0 Å². The Labute approximate surface area is 124 Å². The summed E-state index contributed by atoms with van der Waals surface area (Å²) in [6.07, 6.45) is 2.31. The van der Waals surface area contributed by atoms with E-state index in [0.29, 0.717) is 23.6 Å². The van der Waals surface area contributed by atoms with E-state index >= 15 is 0 Å². The highest BCUT2D eigenvalue weighted by molar-refractivity contribution is 7.99. The predicted molar refractivity (Wildman–Crippen MR) is 82.2 cm³/mol. The summed E-state index contributed by atoms with van der Waals surface area (Å²) in [4.78, 5) is 12.1. The maximum Gasteiger partial charge on any atom is 0.180 e. The van der Waals surface area contributed by atoms with Crippen LogP contribution in [0.4, 0.5) is 0 Å². The van der Waals surface area contributed by atoms with Gasteiger partial charge >= 0.3 is 0 Å². The van der Waals surface area contributed by atoms with Crippen LogP contribution in [0.5, 0.6) is 11.5 Å². The summed E-state index contributed by atoms with van der Waals surface area (Å²) in [5.74, 6) is 3.49. The van der Waals surface area contributed by atoms with Gasteiger partial charge in [0.05, 0.1) is 19.2 Å². The van der Waals surface area contributed by atoms with Crippen molar-refractivity contribution in [3.63, 3.8) is 0 Å². The molecule has 2 rings (SSSR count). The van der Waals surface area contributed by atoms with Gasteiger partial charge < -0.3 is 14.8 Å². The Kier molecular flexibility index (Phi) is 5.73. The maximum atomic E-state index is 12.1. The minimum Gasteiger partial charge on any atom is -0.492 e. The molecule has 1 heterocycles. The number of carbonyl (C=O) groups is 1. The standard InChI is InChI=1S/C15H21NO3S/c1-16-10-13(17)12-4-3-5-14(15(12)18-2)19-11-6-8-20-9-7-11/h3-5,11,16H,6-10H2,1-2H3. The lowest BCUT2D eigenvalue weighted by Crippen LogP contribution is -2.23. The van der Waals surface area contributed by atoms with Crippen molar-refractivity contribution < 1.29 is 14.3 Å². The fourth-order valence-corrected chi connectivity index (χ4v) is 3.33. The molecule has 0 atom stereocenters. The molecule has 0 amide bonds. The molecule has 20 heavy (non-hydrogen) atoms. The molecule has 4 nitrogen and oxygen atoms in total. The average molecular weight is 295 g/mol. The van der Waals surface area contributed by atoms with Crippen molar-refractivity contribution in [3.8, 4) is 11.5 Å². The van der Waals surface area contributed by atoms with Crippen LogP contribution in [0.3, 0.4) is 0 Å². The van der Waals surface area contributed by atoms with Gasteiger partial charge in [0.15, 0.2) is 17.3 Å². The highest BCUT2D eigenvalue weighted by Gasteiger charge is 2.20. The van der Waals surface area contributed by atoms with Crippen molar-refractivity contribution in [3.05, 3.63) is 23.8 Å². The lowest BCUT2D eigenvalue weighted by Gasteiger charge is -2.24. The van der Waals surface area contributed by atoms with Gasteiger partial charge in [-0.3, -0.25) is 4.79 Å². The number of ether oxygens (including phenoxy) is 2. The van der Waals surface area contributed by atoms with Gasteiger partial charge in [-0.05, 0) is 43.5 Å². The van der Waals surface area contributed by atoms with E-state index in [-0.39, 0.29) is 11.9 Å². The first-order valence-corrected chi connectivity index (χ1v) is 8.01. The molecule has 0 radical (unpaired) electrons. The Hall–Kier alpha value is -1.20. The number of para-hydroxylation sites is 1. The Balaban J connectivity index is 2.19. The van der Waals surface area contributed by atoms with Crippen molar-refractivity contribution in [2.45, 2.75) is 18.9 Å². The van der Waals surface area contributed by atoms with E-state index in [4.69, 9.17) is 9.47 Å². The molecule has 0 bridgehead atoms. The minimum absolute atomic E-state index is 0.00833. The number of methoxy groups -OCH3 is 1. The third-order valence-electron chi connectivity index (χ3n) is 3.28. The van der Waals surface area contributed by atoms with Crippen LogP contribution in [0.1, 0.15) is 23.2 Å². The van der Waals surface area contributed by atoms with E-state index < -0.39 is 0 Å². The van der Waals surface area contributed by atoms with E-state index in [1.807, 2.05) is 23.9 Å². The Morgan fingerprint density at radius 3 is 2.80 bits per heavy atom. The summed E-state index contributed by atoms with van der Waals surface area (Å²) in [5, 5.41) is 2.87. The summed E-state index contributed by atoms with van der Waals surface area (Å²) in [6, 6.07) is 5.50. The Bertz CT molecular complexity index is 458. The largest absolute Gasteiger partial charge is 0.492 e. The Morgan fingerprint density at radius 1 is 1.40 bits per heavy atom. The topological polar surface area (TPSA) is 47.6 Å². The zero-order valence-corrected chi connectivity index (χ0v) is 12.8. The van der Waals surface area contributed by atoms with Crippen LogP contribution in [0.25, 0.3) is 0 Å². The number of likely N-dealkylation sites (N-methyl/N-ethyl adjacent to an activating group) is 1. The fourth-order valence-electron chi connectivity index (χ4n) is 2.27. The molecular weight excluding hydrogens is 274 g/mol. The highest BCUT2D eigenvalue weighted by Crippen LogP contribution is 2.33. The van der Waals surface area contributed by atoms with Crippen molar-refractivity contribution in [1.82, 2.24) is 5.32 Å². The number of nitrogens with one attached hydrogen (secondary N) is 1. The number of hydrogen-bond acceptors (Lipinski definition) is 5. The van der Waals surface area contributed by atoms with Gasteiger partial charge in [-0.1, -0.05) is 6.07 Å². The van der Waals surface area contributed by atoms with Crippen LogP contribution in [0.15, 0.2) is 18.2 Å².